The van der Waals surface area contributed by atoms with Gasteiger partial charge in [-0.15, -0.1) is 0 Å². The van der Waals surface area contributed by atoms with Crippen LogP contribution in [0.4, 0.5) is 11.4 Å². The fraction of sp³-hybridized carbons (Fsp3) is 0.550. The Bertz CT molecular complexity index is 2890. The molecule has 0 saturated carbocycles. The molecule has 5 aromatic rings. The van der Waals surface area contributed by atoms with Crippen LogP contribution in [0.5, 0.6) is 0 Å². The van der Waals surface area contributed by atoms with Gasteiger partial charge in [-0.3, -0.25) is 0 Å². The van der Waals surface area contributed by atoms with Crippen molar-refractivity contribution in [1.29, 1.82) is 0 Å². The van der Waals surface area contributed by atoms with E-state index in [9.17, 15) is 0 Å². The summed E-state index contributed by atoms with van der Waals surface area (Å²) in [6.07, 6.45) is 51.4. The van der Waals surface area contributed by atoms with Crippen molar-refractivity contribution in [3.63, 3.8) is 0 Å². The van der Waals surface area contributed by atoms with E-state index >= 15 is 0 Å². The van der Waals surface area contributed by atoms with E-state index in [-0.39, 0.29) is 0 Å². The molecule has 2 aliphatic heterocycles. The van der Waals surface area contributed by atoms with Crippen LogP contribution in [-0.2, 0) is 12.8 Å². The average Bonchev–Trinajstić information content (AvgIpc) is 2.52. The van der Waals surface area contributed by atoms with Crippen LogP contribution >= 0.6 is 0 Å². The monoisotopic (exact) mass is 1160 g/mol. The molecule has 2 N–H and O–H groups in total. The van der Waals surface area contributed by atoms with Gasteiger partial charge in [0.2, 0.25) is 0 Å². The van der Waals surface area contributed by atoms with E-state index in [4.69, 9.17) is 9.97 Å². The summed E-state index contributed by atoms with van der Waals surface area (Å²) in [5, 5.41) is 0. The SMILES string of the molecule is CCCCCCCCCCc1c2nc(c(C#Cc3ccc(N(CCCCCC)CCCCCC)cc3)c3ccc([nH]3)c(CCCCCCCCCC)c3ccc([nH]3)c(C#Cc3ccc(N(CCCCCC)CCCCCC)cc3)c3nc1C=C3)C=C2. The summed E-state index contributed by atoms with van der Waals surface area (Å²) < 4.78 is 0. The fourth-order valence-corrected chi connectivity index (χ4v) is 12.4. The number of nitrogens with one attached hydrogen (secondary N) is 2. The van der Waals surface area contributed by atoms with Gasteiger partial charge in [0.15, 0.2) is 0 Å². The molecule has 86 heavy (non-hydrogen) atoms. The summed E-state index contributed by atoms with van der Waals surface area (Å²) in [7, 11) is 0. The number of nitrogens with zero attached hydrogens (tertiary/aromatic N) is 4. The number of hydrogen-bond acceptors (Lipinski definition) is 4. The van der Waals surface area contributed by atoms with Gasteiger partial charge in [0.25, 0.3) is 0 Å². The van der Waals surface area contributed by atoms with Crippen molar-refractivity contribution in [2.24, 2.45) is 0 Å². The van der Waals surface area contributed by atoms with E-state index in [1.54, 1.807) is 0 Å². The van der Waals surface area contributed by atoms with Crippen LogP contribution in [0.1, 0.15) is 303 Å². The third-order valence-corrected chi connectivity index (χ3v) is 17.8. The topological polar surface area (TPSA) is 63.8 Å². The highest BCUT2D eigenvalue weighted by atomic mass is 15.1. The van der Waals surface area contributed by atoms with Crippen molar-refractivity contribution >= 4 is 57.7 Å². The molecule has 6 nitrogen and oxygen atoms in total. The Hall–Kier alpha value is -6.24. The molecule has 0 aliphatic carbocycles. The number of anilines is 2. The van der Waals surface area contributed by atoms with Crippen molar-refractivity contribution in [1.82, 2.24) is 19.9 Å². The quantitative estimate of drug-likeness (QED) is 0.0297. The number of hydrogen-bond donors (Lipinski definition) is 2. The van der Waals surface area contributed by atoms with Crippen molar-refractivity contribution < 1.29 is 0 Å². The summed E-state index contributed by atoms with van der Waals surface area (Å²) >= 11 is 0. The molecule has 5 heterocycles. The second kappa shape index (κ2) is 39.5. The third-order valence-electron chi connectivity index (χ3n) is 17.8. The Morgan fingerprint density at radius 3 is 0.930 bits per heavy atom. The van der Waals surface area contributed by atoms with Crippen LogP contribution in [-0.4, -0.2) is 46.1 Å². The molecule has 0 unspecified atom stereocenters. The molecule has 0 radical (unpaired) electrons. The van der Waals surface area contributed by atoms with Crippen LogP contribution < -0.4 is 9.80 Å². The molecule has 462 valence electrons. The van der Waals surface area contributed by atoms with E-state index in [1.807, 2.05) is 0 Å². The zero-order chi connectivity index (χ0) is 60.2. The number of H-pyrrole nitrogens is 2. The average molecular weight is 1160 g/mol. The molecular formula is C80H112N6. The molecular weight excluding hydrogens is 1040 g/mol. The first-order valence-electron chi connectivity index (χ1n) is 35.3. The molecule has 6 heteroatoms. The van der Waals surface area contributed by atoms with E-state index in [1.165, 1.54) is 215 Å². The van der Waals surface area contributed by atoms with Crippen LogP contribution in [0.25, 0.3) is 46.4 Å². The molecule has 8 bridgehead atoms. The smallest absolute Gasteiger partial charge is 0.0815 e. The predicted molar refractivity (Wildman–Crippen MR) is 377 cm³/mol. The molecule has 3 aromatic heterocycles. The van der Waals surface area contributed by atoms with Gasteiger partial charge in [-0.2, -0.15) is 0 Å². The van der Waals surface area contributed by atoms with Gasteiger partial charge in [-0.1, -0.05) is 232 Å². The Morgan fingerprint density at radius 1 is 0.291 bits per heavy atom. The second-order valence-electron chi connectivity index (χ2n) is 25.0. The summed E-state index contributed by atoms with van der Waals surface area (Å²) in [6, 6.07) is 27.2. The van der Waals surface area contributed by atoms with Crippen LogP contribution in [0.15, 0.2) is 72.8 Å². The lowest BCUT2D eigenvalue weighted by molar-refractivity contribution is 0.575. The Morgan fingerprint density at radius 2 is 0.581 bits per heavy atom. The van der Waals surface area contributed by atoms with Crippen molar-refractivity contribution in [3.8, 4) is 23.7 Å². The minimum Gasteiger partial charge on any atom is -0.372 e. The molecule has 7 rings (SSSR count). The van der Waals surface area contributed by atoms with Crippen molar-refractivity contribution in [2.75, 3.05) is 36.0 Å². The van der Waals surface area contributed by atoms with Crippen LogP contribution in [0, 0.1) is 23.7 Å². The first kappa shape index (κ1) is 67.3. The van der Waals surface area contributed by atoms with E-state index < -0.39 is 0 Å². The molecule has 0 amide bonds. The van der Waals surface area contributed by atoms with E-state index in [2.05, 4.69) is 182 Å². The van der Waals surface area contributed by atoms with Gasteiger partial charge < -0.3 is 19.8 Å². The minimum atomic E-state index is 0.891. The molecule has 0 atom stereocenters. The van der Waals surface area contributed by atoms with Gasteiger partial charge in [0.05, 0.1) is 44.9 Å². The Labute approximate surface area is 523 Å². The lowest BCUT2D eigenvalue weighted by Gasteiger charge is -2.25. The number of rotatable bonds is 40. The first-order chi connectivity index (χ1) is 42.5. The number of unbranched alkanes of at least 4 members (excludes halogenated alkanes) is 26. The van der Waals surface area contributed by atoms with E-state index in [0.29, 0.717) is 0 Å². The highest BCUT2D eigenvalue weighted by Gasteiger charge is 2.17. The number of benzene rings is 2. The van der Waals surface area contributed by atoms with Crippen molar-refractivity contribution in [3.05, 3.63) is 129 Å². The molecule has 0 spiro atoms. The highest BCUT2D eigenvalue weighted by Crippen LogP contribution is 2.30. The number of fused-ring (bicyclic) bond motifs is 8. The zero-order valence-electron chi connectivity index (χ0n) is 54.9. The summed E-state index contributed by atoms with van der Waals surface area (Å²) in [5.74, 6) is 14.8. The third kappa shape index (κ3) is 22.2. The maximum absolute atomic E-state index is 5.55. The zero-order valence-corrected chi connectivity index (χ0v) is 54.9. The Balaban J connectivity index is 1.33. The predicted octanol–water partition coefficient (Wildman–Crippen LogP) is 22.8. The normalized spacial score (nSPS) is 11.7. The maximum atomic E-state index is 5.55. The van der Waals surface area contributed by atoms with Gasteiger partial charge in [0.1, 0.15) is 0 Å². The van der Waals surface area contributed by atoms with Gasteiger partial charge >= 0.3 is 0 Å². The van der Waals surface area contributed by atoms with Crippen LogP contribution in [0.2, 0.25) is 0 Å². The number of aromatic nitrogens is 4. The molecule has 2 aromatic carbocycles. The maximum Gasteiger partial charge on any atom is 0.0815 e. The minimum absolute atomic E-state index is 0.891. The summed E-state index contributed by atoms with van der Waals surface area (Å²) in [6.45, 7) is 18.2. The summed E-state index contributed by atoms with van der Waals surface area (Å²) in [4.78, 5) is 24.3. The van der Waals surface area contributed by atoms with Crippen molar-refractivity contribution in [2.45, 2.75) is 260 Å². The van der Waals surface area contributed by atoms with Gasteiger partial charge in [-0.05, 0) is 154 Å². The molecule has 2 aliphatic rings. The van der Waals surface area contributed by atoms with Gasteiger partial charge in [0, 0.05) is 65.3 Å². The van der Waals surface area contributed by atoms with E-state index in [0.717, 1.165) is 119 Å². The lowest BCUT2D eigenvalue weighted by Crippen LogP contribution is -2.25. The number of aryl methyl sites for hydroxylation is 1. The molecule has 0 fully saturated rings. The molecule has 0 saturated heterocycles. The number of aromatic amines is 2. The van der Waals surface area contributed by atoms with Gasteiger partial charge in [-0.25, -0.2) is 9.97 Å². The summed E-state index contributed by atoms with van der Waals surface area (Å²) in [5.41, 5.74) is 16.9. The lowest BCUT2D eigenvalue weighted by atomic mass is 10.0. The van der Waals surface area contributed by atoms with Crippen LogP contribution in [0.3, 0.4) is 0 Å². The first-order valence-corrected chi connectivity index (χ1v) is 35.3. The fourth-order valence-electron chi connectivity index (χ4n) is 12.4. The largest absolute Gasteiger partial charge is 0.372 e. The highest BCUT2D eigenvalue weighted by molar-refractivity contribution is 5.86. The standard InChI is InChI=1S/C80H112N6/c1-7-13-19-25-27-29-31-33-39-69-73-53-57-77(81-73)71(51-45-65-41-47-67(48-42-65)85(61-35-21-15-9-3)62-36-22-16-10-4)79-59-55-75(83-79)70(40-34-32-30-28-26-20-14-8-2)76-56-60-80(84-76)72(78-58-54-74(69)82-78)52-46-66-43-49-68(50-44-66)86(63-37-23-17-11-5)64-38-24-18-12-6/h41-44,47-50,53-60,81-82H,7-40,61-64H2,1-6H3. The Kier molecular flexibility index (Phi) is 30.9. The second-order valence-corrected chi connectivity index (χ2v) is 25.0.